The third kappa shape index (κ3) is 4.16. The molecule has 5 heteroatoms. The molecule has 100 valence electrons. The number of hydrogen-bond acceptors (Lipinski definition) is 3. The molecule has 0 aromatic heterocycles. The molecule has 0 heterocycles. The van der Waals surface area contributed by atoms with Gasteiger partial charge in [0.1, 0.15) is 5.75 Å². The fraction of sp³-hybridized carbons (Fsp3) is 0.385. The van der Waals surface area contributed by atoms with E-state index in [-0.39, 0.29) is 5.75 Å². The van der Waals surface area contributed by atoms with Crippen molar-refractivity contribution >= 4 is 16.1 Å². The van der Waals surface area contributed by atoms with Crippen molar-refractivity contribution in [1.29, 1.82) is 0 Å². The normalized spacial score (nSPS) is 12.8. The van der Waals surface area contributed by atoms with Crippen LogP contribution in [0.25, 0.3) is 6.08 Å². The van der Waals surface area contributed by atoms with Gasteiger partial charge in [-0.05, 0) is 11.6 Å². The Morgan fingerprint density at radius 1 is 1.11 bits per heavy atom. The van der Waals surface area contributed by atoms with Gasteiger partial charge in [0.15, 0.2) is 0 Å². The molecule has 0 saturated carbocycles. The average Bonchev–Trinajstić information content (AvgIpc) is 2.29. The lowest BCUT2D eigenvalue weighted by Crippen LogP contribution is -2.29. The van der Waals surface area contributed by atoms with Crippen LogP contribution in [-0.4, -0.2) is 51.6 Å². The van der Waals surface area contributed by atoms with E-state index in [2.05, 4.69) is 0 Å². The Balaban J connectivity index is 3.02. The van der Waals surface area contributed by atoms with Gasteiger partial charge in [-0.25, -0.2) is 12.7 Å². The second kappa shape index (κ2) is 6.02. The molecule has 0 radical (unpaired) electrons. The lowest BCUT2D eigenvalue weighted by molar-refractivity contribution is 0.494. The van der Waals surface area contributed by atoms with E-state index < -0.39 is 10.0 Å². The number of rotatable bonds is 5. The van der Waals surface area contributed by atoms with Crippen LogP contribution in [0.3, 0.4) is 0 Å². The molecule has 0 N–H and O–H groups in total. The Morgan fingerprint density at radius 2 is 1.67 bits per heavy atom. The minimum atomic E-state index is -3.24. The van der Waals surface area contributed by atoms with Crippen molar-refractivity contribution in [1.82, 2.24) is 9.21 Å². The van der Waals surface area contributed by atoms with E-state index in [9.17, 15) is 8.42 Å². The molecule has 1 rings (SSSR count). The van der Waals surface area contributed by atoms with Crippen LogP contribution in [0.4, 0.5) is 0 Å². The van der Waals surface area contributed by atoms with Crippen molar-refractivity contribution in [3.63, 3.8) is 0 Å². The summed E-state index contributed by atoms with van der Waals surface area (Å²) in [5.74, 6) is 0.00188. The highest BCUT2D eigenvalue weighted by atomic mass is 32.2. The molecular weight excluding hydrogens is 248 g/mol. The van der Waals surface area contributed by atoms with Crippen molar-refractivity contribution in [2.75, 3.05) is 33.9 Å². The van der Waals surface area contributed by atoms with Gasteiger partial charge in [-0.2, -0.15) is 0 Å². The fourth-order valence-corrected chi connectivity index (χ4v) is 2.33. The zero-order valence-electron chi connectivity index (χ0n) is 11.3. The molecule has 1 aromatic carbocycles. The van der Waals surface area contributed by atoms with E-state index >= 15 is 0 Å². The number of sulfonamides is 1. The van der Waals surface area contributed by atoms with Gasteiger partial charge in [-0.3, -0.25) is 0 Å². The van der Waals surface area contributed by atoms with E-state index in [1.54, 1.807) is 14.1 Å². The lowest BCUT2D eigenvalue weighted by Gasteiger charge is -2.20. The van der Waals surface area contributed by atoms with Gasteiger partial charge in [0.05, 0.1) is 0 Å². The zero-order valence-corrected chi connectivity index (χ0v) is 12.1. The standard InChI is InChI=1S/C13H20N2O2S/c1-14(2)13(11-18(16,17)15(3)4)10-12-8-6-5-7-9-12/h5-10H,11H2,1-4H3/b13-10-. The van der Waals surface area contributed by atoms with Crippen LogP contribution >= 0.6 is 0 Å². The summed E-state index contributed by atoms with van der Waals surface area (Å²) in [5, 5.41) is 0. The smallest absolute Gasteiger partial charge is 0.219 e. The van der Waals surface area contributed by atoms with Gasteiger partial charge in [-0.15, -0.1) is 0 Å². The highest BCUT2D eigenvalue weighted by molar-refractivity contribution is 7.89. The summed E-state index contributed by atoms with van der Waals surface area (Å²) >= 11 is 0. The predicted molar refractivity (Wildman–Crippen MR) is 75.6 cm³/mol. The summed E-state index contributed by atoms with van der Waals surface area (Å²) in [7, 11) is 3.55. The minimum Gasteiger partial charge on any atom is -0.380 e. The van der Waals surface area contributed by atoms with Crippen LogP contribution in [0.2, 0.25) is 0 Å². The molecule has 4 nitrogen and oxygen atoms in total. The van der Waals surface area contributed by atoms with Crippen molar-refractivity contribution in [2.24, 2.45) is 0 Å². The van der Waals surface area contributed by atoms with Crippen LogP contribution in [0.5, 0.6) is 0 Å². The molecule has 18 heavy (non-hydrogen) atoms. The summed E-state index contributed by atoms with van der Waals surface area (Å²) in [5.41, 5.74) is 1.75. The Hall–Kier alpha value is -1.33. The molecule has 0 aliphatic carbocycles. The molecule has 0 unspecified atom stereocenters. The Kier molecular flexibility index (Phi) is 4.93. The molecule has 0 aliphatic rings. The second-order valence-electron chi connectivity index (χ2n) is 4.48. The summed E-state index contributed by atoms with van der Waals surface area (Å²) < 4.78 is 25.0. The van der Waals surface area contributed by atoms with E-state index in [1.165, 1.54) is 4.31 Å². The largest absolute Gasteiger partial charge is 0.380 e. The number of nitrogens with zero attached hydrogens (tertiary/aromatic N) is 2. The third-order valence-corrected chi connectivity index (χ3v) is 4.37. The van der Waals surface area contributed by atoms with Crippen LogP contribution in [0, 0.1) is 0 Å². The van der Waals surface area contributed by atoms with Crippen LogP contribution in [0.15, 0.2) is 36.0 Å². The average molecular weight is 268 g/mol. The maximum absolute atomic E-state index is 11.9. The Bertz CT molecular complexity index is 505. The van der Waals surface area contributed by atoms with Gasteiger partial charge >= 0.3 is 0 Å². The van der Waals surface area contributed by atoms with Crippen LogP contribution in [-0.2, 0) is 10.0 Å². The summed E-state index contributed by atoms with van der Waals surface area (Å²) in [6, 6.07) is 9.69. The van der Waals surface area contributed by atoms with Gasteiger partial charge in [-0.1, -0.05) is 30.3 Å². The SMILES string of the molecule is CN(C)/C(=C\c1ccccc1)CS(=O)(=O)N(C)C. The Morgan fingerprint density at radius 3 is 2.11 bits per heavy atom. The first-order chi connectivity index (χ1) is 8.33. The molecule has 0 bridgehead atoms. The molecule has 1 aromatic rings. The minimum absolute atomic E-state index is 0.00188. The molecule has 0 fully saturated rings. The van der Waals surface area contributed by atoms with Crippen molar-refractivity contribution < 1.29 is 8.42 Å². The highest BCUT2D eigenvalue weighted by Crippen LogP contribution is 2.12. The molecule has 0 amide bonds. The van der Waals surface area contributed by atoms with Gasteiger partial charge in [0, 0.05) is 33.9 Å². The van der Waals surface area contributed by atoms with E-state index in [1.807, 2.05) is 55.4 Å². The predicted octanol–water partition coefficient (Wildman–Crippen LogP) is 1.48. The Labute approximate surface area is 110 Å². The third-order valence-electron chi connectivity index (χ3n) is 2.59. The van der Waals surface area contributed by atoms with Gasteiger partial charge in [0.2, 0.25) is 10.0 Å². The van der Waals surface area contributed by atoms with Crippen LogP contribution < -0.4 is 0 Å². The van der Waals surface area contributed by atoms with Crippen molar-refractivity contribution in [2.45, 2.75) is 0 Å². The molecule has 0 aliphatic heterocycles. The maximum Gasteiger partial charge on any atom is 0.219 e. The molecule has 0 atom stereocenters. The maximum atomic E-state index is 11.9. The number of hydrogen-bond donors (Lipinski definition) is 0. The summed E-state index contributed by atoms with van der Waals surface area (Å²) in [4.78, 5) is 1.83. The summed E-state index contributed by atoms with van der Waals surface area (Å²) in [6.07, 6.45) is 1.89. The fourth-order valence-electron chi connectivity index (χ4n) is 1.36. The zero-order chi connectivity index (χ0) is 13.8. The summed E-state index contributed by atoms with van der Waals surface area (Å²) in [6.45, 7) is 0. The van der Waals surface area contributed by atoms with E-state index in [0.29, 0.717) is 0 Å². The van der Waals surface area contributed by atoms with Gasteiger partial charge in [0.25, 0.3) is 0 Å². The first kappa shape index (κ1) is 14.7. The molecule has 0 spiro atoms. The van der Waals surface area contributed by atoms with Crippen LogP contribution in [0.1, 0.15) is 5.56 Å². The first-order valence-corrected chi connectivity index (χ1v) is 7.27. The van der Waals surface area contributed by atoms with Gasteiger partial charge < -0.3 is 4.90 Å². The van der Waals surface area contributed by atoms with E-state index in [4.69, 9.17) is 0 Å². The number of benzene rings is 1. The quantitative estimate of drug-likeness (QED) is 0.812. The first-order valence-electron chi connectivity index (χ1n) is 5.66. The molecular formula is C13H20N2O2S. The monoisotopic (exact) mass is 268 g/mol. The second-order valence-corrected chi connectivity index (χ2v) is 6.66. The topological polar surface area (TPSA) is 40.6 Å². The van der Waals surface area contributed by atoms with Crippen molar-refractivity contribution in [3.8, 4) is 0 Å². The lowest BCUT2D eigenvalue weighted by atomic mass is 10.2. The van der Waals surface area contributed by atoms with Crippen molar-refractivity contribution in [3.05, 3.63) is 41.6 Å². The molecule has 0 saturated heterocycles. The van der Waals surface area contributed by atoms with E-state index in [0.717, 1.165) is 11.3 Å². The highest BCUT2D eigenvalue weighted by Gasteiger charge is 2.17.